The molecule has 0 radical (unpaired) electrons. The second-order valence-corrected chi connectivity index (χ2v) is 8.35. The number of thioether (sulfide) groups is 1. The van der Waals surface area contributed by atoms with Crippen molar-refractivity contribution in [1.29, 1.82) is 0 Å². The molecule has 0 bridgehead atoms. The SMILES string of the molecule is CC(=O)SCCN(CCC1CCCCC1)C(=O)NCCN1CC=CC1. The van der Waals surface area contributed by atoms with E-state index in [1.807, 2.05) is 4.90 Å². The molecule has 0 saturated heterocycles. The van der Waals surface area contributed by atoms with E-state index in [-0.39, 0.29) is 11.1 Å². The van der Waals surface area contributed by atoms with Crippen LogP contribution >= 0.6 is 11.8 Å². The van der Waals surface area contributed by atoms with Crippen LogP contribution in [0, 0.1) is 5.92 Å². The topological polar surface area (TPSA) is 52.7 Å². The Labute approximate surface area is 156 Å². The van der Waals surface area contributed by atoms with Gasteiger partial charge in [-0.05, 0) is 12.3 Å². The highest BCUT2D eigenvalue weighted by Gasteiger charge is 2.18. The van der Waals surface area contributed by atoms with Crippen LogP contribution in [-0.2, 0) is 4.79 Å². The van der Waals surface area contributed by atoms with Gasteiger partial charge in [0.05, 0.1) is 0 Å². The van der Waals surface area contributed by atoms with Gasteiger partial charge in [-0.2, -0.15) is 0 Å². The van der Waals surface area contributed by atoms with Crippen LogP contribution in [0.25, 0.3) is 0 Å². The van der Waals surface area contributed by atoms with E-state index in [1.54, 1.807) is 6.92 Å². The highest BCUT2D eigenvalue weighted by atomic mass is 32.2. The molecule has 25 heavy (non-hydrogen) atoms. The van der Waals surface area contributed by atoms with Gasteiger partial charge in [-0.1, -0.05) is 56.0 Å². The normalized spacial score (nSPS) is 18.4. The number of rotatable bonds is 9. The fourth-order valence-electron chi connectivity index (χ4n) is 3.57. The Morgan fingerprint density at radius 2 is 1.88 bits per heavy atom. The van der Waals surface area contributed by atoms with Crippen molar-refractivity contribution in [2.45, 2.75) is 45.4 Å². The third kappa shape index (κ3) is 8.27. The lowest BCUT2D eigenvalue weighted by Gasteiger charge is -2.27. The molecular weight excluding hydrogens is 334 g/mol. The maximum absolute atomic E-state index is 12.6. The van der Waals surface area contributed by atoms with Gasteiger partial charge in [-0.15, -0.1) is 0 Å². The second kappa shape index (κ2) is 11.6. The van der Waals surface area contributed by atoms with Crippen LogP contribution in [0.5, 0.6) is 0 Å². The van der Waals surface area contributed by atoms with E-state index >= 15 is 0 Å². The van der Waals surface area contributed by atoms with Crippen molar-refractivity contribution in [3.8, 4) is 0 Å². The Morgan fingerprint density at radius 3 is 2.56 bits per heavy atom. The third-order valence-corrected chi connectivity index (χ3v) is 5.88. The van der Waals surface area contributed by atoms with Crippen LogP contribution in [0.1, 0.15) is 45.4 Å². The number of hydrogen-bond acceptors (Lipinski definition) is 4. The highest BCUT2D eigenvalue weighted by Crippen LogP contribution is 2.26. The molecule has 2 rings (SSSR count). The largest absolute Gasteiger partial charge is 0.337 e. The first-order chi connectivity index (χ1) is 12.1. The number of carbonyl (C=O) groups is 2. The number of urea groups is 1. The fourth-order valence-corrected chi connectivity index (χ4v) is 4.16. The summed E-state index contributed by atoms with van der Waals surface area (Å²) in [6, 6.07) is 0.0205. The first kappa shape index (κ1) is 20.3. The zero-order valence-corrected chi connectivity index (χ0v) is 16.4. The van der Waals surface area contributed by atoms with Crippen LogP contribution in [0.2, 0.25) is 0 Å². The maximum atomic E-state index is 12.6. The van der Waals surface area contributed by atoms with E-state index in [1.165, 1.54) is 43.9 Å². The van der Waals surface area contributed by atoms with Gasteiger partial charge in [0.1, 0.15) is 0 Å². The Bertz CT molecular complexity index is 442. The van der Waals surface area contributed by atoms with Gasteiger partial charge < -0.3 is 10.2 Å². The molecule has 1 fully saturated rings. The second-order valence-electron chi connectivity index (χ2n) is 7.08. The lowest BCUT2D eigenvalue weighted by Crippen LogP contribution is -2.44. The third-order valence-electron chi connectivity index (χ3n) is 5.08. The molecule has 1 aliphatic carbocycles. The molecule has 0 spiro atoms. The van der Waals surface area contributed by atoms with Crippen molar-refractivity contribution in [3.63, 3.8) is 0 Å². The summed E-state index contributed by atoms with van der Waals surface area (Å²) in [6.45, 7) is 6.57. The van der Waals surface area contributed by atoms with Gasteiger partial charge in [0, 0.05) is 51.9 Å². The summed E-state index contributed by atoms with van der Waals surface area (Å²) in [5.74, 6) is 1.45. The minimum Gasteiger partial charge on any atom is -0.337 e. The molecular formula is C19H33N3O2S. The summed E-state index contributed by atoms with van der Waals surface area (Å²) in [5, 5.41) is 3.18. The number of carbonyl (C=O) groups excluding carboxylic acids is 2. The first-order valence-corrected chi connectivity index (χ1v) is 10.7. The summed E-state index contributed by atoms with van der Waals surface area (Å²) in [7, 11) is 0. The van der Waals surface area contributed by atoms with Crippen LogP contribution in [0.4, 0.5) is 4.79 Å². The molecule has 2 aliphatic rings. The van der Waals surface area contributed by atoms with E-state index in [9.17, 15) is 9.59 Å². The van der Waals surface area contributed by atoms with Gasteiger partial charge in [0.25, 0.3) is 0 Å². The number of amides is 2. The average Bonchev–Trinajstić information content (AvgIpc) is 3.12. The number of nitrogens with zero attached hydrogens (tertiary/aromatic N) is 2. The molecule has 0 aromatic rings. The molecule has 1 saturated carbocycles. The maximum Gasteiger partial charge on any atom is 0.317 e. The Balaban J connectivity index is 1.72. The van der Waals surface area contributed by atoms with Gasteiger partial charge in [-0.25, -0.2) is 4.79 Å². The van der Waals surface area contributed by atoms with E-state index < -0.39 is 0 Å². The predicted octanol–water partition coefficient (Wildman–Crippen LogP) is 3.12. The van der Waals surface area contributed by atoms with Crippen molar-refractivity contribution in [2.24, 2.45) is 5.92 Å². The summed E-state index contributed by atoms with van der Waals surface area (Å²) in [5.41, 5.74) is 0. The van der Waals surface area contributed by atoms with Crippen molar-refractivity contribution >= 4 is 22.9 Å². The summed E-state index contributed by atoms with van der Waals surface area (Å²) in [6.07, 6.45) is 12.1. The van der Waals surface area contributed by atoms with Crippen LogP contribution in [0.15, 0.2) is 12.2 Å². The molecule has 0 aromatic heterocycles. The van der Waals surface area contributed by atoms with E-state index in [2.05, 4.69) is 22.4 Å². The molecule has 142 valence electrons. The van der Waals surface area contributed by atoms with Gasteiger partial charge in [0.15, 0.2) is 5.12 Å². The van der Waals surface area contributed by atoms with Crippen LogP contribution < -0.4 is 5.32 Å². The lowest BCUT2D eigenvalue weighted by molar-refractivity contribution is -0.109. The summed E-state index contributed by atoms with van der Waals surface area (Å²) < 4.78 is 0. The minimum atomic E-state index is 0.0205. The molecule has 5 nitrogen and oxygen atoms in total. The van der Waals surface area contributed by atoms with Crippen molar-refractivity contribution < 1.29 is 9.59 Å². The molecule has 1 aliphatic heterocycles. The van der Waals surface area contributed by atoms with E-state index in [0.29, 0.717) is 18.8 Å². The standard InChI is InChI=1S/C19H33N3O2S/c1-17(23)25-16-15-22(13-9-18-7-3-2-4-8-18)19(24)20-10-14-21-11-5-6-12-21/h5-6,18H,2-4,7-16H2,1H3,(H,20,24). The Morgan fingerprint density at radius 1 is 1.16 bits per heavy atom. The predicted molar refractivity (Wildman–Crippen MR) is 105 cm³/mol. The van der Waals surface area contributed by atoms with Gasteiger partial charge in [0.2, 0.25) is 0 Å². The number of nitrogens with one attached hydrogen (secondary N) is 1. The van der Waals surface area contributed by atoms with E-state index in [0.717, 1.165) is 38.5 Å². The number of hydrogen-bond donors (Lipinski definition) is 1. The van der Waals surface area contributed by atoms with Crippen molar-refractivity contribution in [3.05, 3.63) is 12.2 Å². The lowest BCUT2D eigenvalue weighted by atomic mass is 9.87. The summed E-state index contributed by atoms with van der Waals surface area (Å²) >= 11 is 1.31. The molecule has 0 aromatic carbocycles. The smallest absolute Gasteiger partial charge is 0.317 e. The molecule has 2 amide bonds. The molecule has 1 N–H and O–H groups in total. The zero-order valence-electron chi connectivity index (χ0n) is 15.5. The van der Waals surface area contributed by atoms with Crippen molar-refractivity contribution in [2.75, 3.05) is 45.0 Å². The molecule has 0 atom stereocenters. The Hall–Kier alpha value is -1.01. The first-order valence-electron chi connectivity index (χ1n) is 9.68. The highest BCUT2D eigenvalue weighted by molar-refractivity contribution is 8.13. The zero-order chi connectivity index (χ0) is 17.9. The van der Waals surface area contributed by atoms with Gasteiger partial charge in [-0.3, -0.25) is 9.69 Å². The quantitative estimate of drug-likeness (QED) is 0.636. The van der Waals surface area contributed by atoms with E-state index in [4.69, 9.17) is 0 Å². The molecule has 0 unspecified atom stereocenters. The fraction of sp³-hybridized carbons (Fsp3) is 0.789. The molecule has 1 heterocycles. The average molecular weight is 368 g/mol. The van der Waals surface area contributed by atoms with Gasteiger partial charge >= 0.3 is 6.03 Å². The molecule has 6 heteroatoms. The van der Waals surface area contributed by atoms with Crippen molar-refractivity contribution in [1.82, 2.24) is 15.1 Å². The van der Waals surface area contributed by atoms with Crippen LogP contribution in [-0.4, -0.2) is 66.0 Å². The van der Waals surface area contributed by atoms with Crippen LogP contribution in [0.3, 0.4) is 0 Å². The minimum absolute atomic E-state index is 0.0205. The monoisotopic (exact) mass is 367 g/mol. The Kier molecular flexibility index (Phi) is 9.40. The summed E-state index contributed by atoms with van der Waals surface area (Å²) in [4.78, 5) is 27.9.